The molecule has 2 amide bonds. The number of carbonyl (C=O) groups is 2. The molecule has 0 unspecified atom stereocenters. The Morgan fingerprint density at radius 2 is 1.67 bits per heavy atom. The van der Waals surface area contributed by atoms with Crippen LogP contribution < -0.4 is 14.8 Å². The maximum atomic E-state index is 13.0. The molecule has 2 rings (SSSR count). The number of likely N-dealkylation sites (N-methyl/N-ethyl adjacent to an activating group) is 1. The van der Waals surface area contributed by atoms with E-state index in [0.717, 1.165) is 16.9 Å². The van der Waals surface area contributed by atoms with Gasteiger partial charge in [0.15, 0.2) is 0 Å². The quantitative estimate of drug-likeness (QED) is 0.775. The van der Waals surface area contributed by atoms with Gasteiger partial charge in [0, 0.05) is 13.6 Å². The van der Waals surface area contributed by atoms with Crippen LogP contribution in [0.5, 0.6) is 11.5 Å². The molecule has 0 bridgehead atoms. The molecule has 2 aromatic carbocycles. The predicted molar refractivity (Wildman–Crippen MR) is 104 cm³/mol. The van der Waals surface area contributed by atoms with Crippen LogP contribution in [0.15, 0.2) is 48.5 Å². The van der Waals surface area contributed by atoms with Crippen molar-refractivity contribution < 1.29 is 19.1 Å². The Hall–Kier alpha value is -3.02. The van der Waals surface area contributed by atoms with Gasteiger partial charge in [-0.15, -0.1) is 0 Å². The van der Waals surface area contributed by atoms with E-state index in [0.29, 0.717) is 12.3 Å². The zero-order valence-corrected chi connectivity index (χ0v) is 16.2. The molecule has 27 heavy (non-hydrogen) atoms. The molecule has 0 aliphatic carbocycles. The van der Waals surface area contributed by atoms with Gasteiger partial charge in [-0.2, -0.15) is 0 Å². The Bertz CT molecular complexity index is 774. The van der Waals surface area contributed by atoms with E-state index in [2.05, 4.69) is 5.32 Å². The minimum atomic E-state index is -0.591. The van der Waals surface area contributed by atoms with Crippen LogP contribution >= 0.6 is 0 Å². The first-order valence-electron chi connectivity index (χ1n) is 8.75. The second-order valence-electron chi connectivity index (χ2n) is 6.19. The Labute approximate surface area is 160 Å². The number of hydrogen-bond donors (Lipinski definition) is 1. The number of rotatable bonds is 8. The van der Waals surface area contributed by atoms with E-state index < -0.39 is 6.04 Å². The monoisotopic (exact) mass is 370 g/mol. The van der Waals surface area contributed by atoms with E-state index in [1.54, 1.807) is 33.1 Å². The van der Waals surface area contributed by atoms with Gasteiger partial charge >= 0.3 is 0 Å². The third-order valence-electron chi connectivity index (χ3n) is 4.42. The molecule has 0 saturated carbocycles. The van der Waals surface area contributed by atoms with Gasteiger partial charge in [-0.3, -0.25) is 9.59 Å². The fourth-order valence-corrected chi connectivity index (χ4v) is 2.78. The summed E-state index contributed by atoms with van der Waals surface area (Å²) in [6.45, 7) is 2.05. The molecule has 0 saturated heterocycles. The van der Waals surface area contributed by atoms with Crippen LogP contribution in [0, 0.1) is 0 Å². The average Bonchev–Trinajstić information content (AvgIpc) is 2.71. The fourth-order valence-electron chi connectivity index (χ4n) is 2.78. The molecule has 6 nitrogen and oxygen atoms in total. The summed E-state index contributed by atoms with van der Waals surface area (Å²) in [5.41, 5.74) is 1.76. The van der Waals surface area contributed by atoms with E-state index in [-0.39, 0.29) is 18.2 Å². The summed E-state index contributed by atoms with van der Waals surface area (Å²) in [7, 11) is 4.76. The number of amides is 2. The molecule has 2 aromatic rings. The molecule has 0 fully saturated rings. The lowest BCUT2D eigenvalue weighted by Crippen LogP contribution is -2.47. The van der Waals surface area contributed by atoms with Crippen LogP contribution in [0.3, 0.4) is 0 Å². The first kappa shape index (κ1) is 20.3. The van der Waals surface area contributed by atoms with Gasteiger partial charge in [-0.1, -0.05) is 24.3 Å². The first-order chi connectivity index (χ1) is 13.0. The van der Waals surface area contributed by atoms with Gasteiger partial charge in [0.2, 0.25) is 11.8 Å². The minimum absolute atomic E-state index is 0.126. The Kier molecular flexibility index (Phi) is 7.23. The lowest BCUT2D eigenvalue weighted by molar-refractivity contribution is -0.139. The lowest BCUT2D eigenvalue weighted by Gasteiger charge is -2.28. The lowest BCUT2D eigenvalue weighted by atomic mass is 10.1. The molecule has 0 spiro atoms. The number of methoxy groups -OCH3 is 2. The fraction of sp³-hybridized carbons (Fsp3) is 0.333. The summed E-state index contributed by atoms with van der Waals surface area (Å²) >= 11 is 0. The number of benzene rings is 2. The summed E-state index contributed by atoms with van der Waals surface area (Å²) in [5.74, 6) is 1.11. The van der Waals surface area contributed by atoms with Gasteiger partial charge < -0.3 is 19.7 Å². The second kappa shape index (κ2) is 9.62. The molecule has 6 heteroatoms. The Balaban J connectivity index is 2.21. The van der Waals surface area contributed by atoms with E-state index in [4.69, 9.17) is 9.47 Å². The number of carbonyl (C=O) groups excluding carboxylic acids is 2. The normalized spacial score (nSPS) is 11.4. The van der Waals surface area contributed by atoms with E-state index in [1.165, 1.54) is 0 Å². The SMILES string of the molecule is CNC(=O)[C@H](C)N(Cc1cccc(OC)c1)C(=O)Cc1ccc(OC)cc1. The van der Waals surface area contributed by atoms with Crippen LogP contribution in [0.4, 0.5) is 0 Å². The standard InChI is InChI=1S/C21H26N2O4/c1-15(21(25)22-2)23(14-17-6-5-7-19(12-17)27-4)20(24)13-16-8-10-18(26-3)11-9-16/h5-12,15H,13-14H2,1-4H3,(H,22,25)/t15-/m0/s1. The van der Waals surface area contributed by atoms with Crippen LogP contribution in [0.1, 0.15) is 18.1 Å². The molecule has 0 radical (unpaired) electrons. The third kappa shape index (κ3) is 5.48. The second-order valence-corrected chi connectivity index (χ2v) is 6.19. The highest BCUT2D eigenvalue weighted by molar-refractivity contribution is 5.88. The topological polar surface area (TPSA) is 67.9 Å². The summed E-state index contributed by atoms with van der Waals surface area (Å²) < 4.78 is 10.4. The van der Waals surface area contributed by atoms with Gasteiger partial charge in [0.1, 0.15) is 17.5 Å². The van der Waals surface area contributed by atoms with Crippen molar-refractivity contribution in [2.75, 3.05) is 21.3 Å². The largest absolute Gasteiger partial charge is 0.497 e. The van der Waals surface area contributed by atoms with Crippen LogP contribution in [-0.2, 0) is 22.6 Å². The number of ether oxygens (including phenoxy) is 2. The van der Waals surface area contributed by atoms with E-state index in [9.17, 15) is 9.59 Å². The van der Waals surface area contributed by atoms with Crippen molar-refractivity contribution in [2.24, 2.45) is 0 Å². The van der Waals surface area contributed by atoms with Crippen molar-refractivity contribution in [3.63, 3.8) is 0 Å². The zero-order valence-electron chi connectivity index (χ0n) is 16.2. The summed E-state index contributed by atoms with van der Waals surface area (Å²) in [5, 5.41) is 2.61. The average molecular weight is 370 g/mol. The maximum absolute atomic E-state index is 13.0. The molecule has 1 N–H and O–H groups in total. The Morgan fingerprint density at radius 3 is 2.26 bits per heavy atom. The molecule has 0 aliphatic rings. The zero-order chi connectivity index (χ0) is 19.8. The molecular weight excluding hydrogens is 344 g/mol. The van der Waals surface area contributed by atoms with Gasteiger partial charge in [0.05, 0.1) is 20.6 Å². The highest BCUT2D eigenvalue weighted by Gasteiger charge is 2.25. The van der Waals surface area contributed by atoms with Crippen LogP contribution in [-0.4, -0.2) is 44.0 Å². The predicted octanol–water partition coefficient (Wildman–Crippen LogP) is 2.41. The van der Waals surface area contributed by atoms with Crippen molar-refractivity contribution in [1.29, 1.82) is 0 Å². The van der Waals surface area contributed by atoms with Gasteiger partial charge in [-0.25, -0.2) is 0 Å². The van der Waals surface area contributed by atoms with Crippen LogP contribution in [0.25, 0.3) is 0 Å². The molecular formula is C21H26N2O4. The van der Waals surface area contributed by atoms with Crippen LogP contribution in [0.2, 0.25) is 0 Å². The smallest absolute Gasteiger partial charge is 0.242 e. The highest BCUT2D eigenvalue weighted by Crippen LogP contribution is 2.18. The number of nitrogens with zero attached hydrogens (tertiary/aromatic N) is 1. The Morgan fingerprint density at radius 1 is 1.00 bits per heavy atom. The van der Waals surface area contributed by atoms with Crippen molar-refractivity contribution in [1.82, 2.24) is 10.2 Å². The summed E-state index contributed by atoms with van der Waals surface area (Å²) in [4.78, 5) is 26.7. The molecule has 144 valence electrons. The highest BCUT2D eigenvalue weighted by atomic mass is 16.5. The summed E-state index contributed by atoms with van der Waals surface area (Å²) in [6.07, 6.45) is 0.204. The first-order valence-corrected chi connectivity index (χ1v) is 8.75. The van der Waals surface area contributed by atoms with Crippen molar-refractivity contribution in [3.8, 4) is 11.5 Å². The van der Waals surface area contributed by atoms with E-state index in [1.807, 2.05) is 48.5 Å². The van der Waals surface area contributed by atoms with Gasteiger partial charge in [0.25, 0.3) is 0 Å². The molecule has 0 heterocycles. The number of hydrogen-bond acceptors (Lipinski definition) is 4. The maximum Gasteiger partial charge on any atom is 0.242 e. The number of nitrogens with one attached hydrogen (secondary N) is 1. The van der Waals surface area contributed by atoms with Gasteiger partial charge in [-0.05, 0) is 42.3 Å². The van der Waals surface area contributed by atoms with Crippen molar-refractivity contribution in [2.45, 2.75) is 25.9 Å². The third-order valence-corrected chi connectivity index (χ3v) is 4.42. The molecule has 0 aliphatic heterocycles. The molecule has 1 atom stereocenters. The van der Waals surface area contributed by atoms with Crippen molar-refractivity contribution >= 4 is 11.8 Å². The minimum Gasteiger partial charge on any atom is -0.497 e. The molecule has 0 aromatic heterocycles. The van der Waals surface area contributed by atoms with Crippen molar-refractivity contribution in [3.05, 3.63) is 59.7 Å². The summed E-state index contributed by atoms with van der Waals surface area (Å²) in [6, 6.07) is 14.2. The van der Waals surface area contributed by atoms with E-state index >= 15 is 0 Å².